The molecule has 0 spiro atoms. The number of thioether (sulfide) groups is 1. The molecular formula is C23H20N4O2S. The Morgan fingerprint density at radius 3 is 2.27 bits per heavy atom. The molecule has 4 rings (SSSR count). The van der Waals surface area contributed by atoms with Gasteiger partial charge in [0.1, 0.15) is 5.69 Å². The number of carbonyl (C=O) groups excluding carboxylic acids is 1. The Morgan fingerprint density at radius 1 is 0.967 bits per heavy atom. The number of anilines is 1. The number of allylic oxidation sites excluding steroid dienone is 2. The third-order valence-electron chi connectivity index (χ3n) is 4.91. The van der Waals surface area contributed by atoms with Crippen molar-refractivity contribution < 1.29 is 4.79 Å². The molecule has 3 aromatic rings. The standard InChI is InChI=1S/C23H20N4O2S/c1-16-20(22(29)27(25(16)2)18-13-7-4-8-14-18)26-21(28)19(30-23(26)24)15-9-12-17-10-5-3-6-11-17/h3-15,24H,1-2H3/b12-9+,19-15-,24-23?. The topological polar surface area (TPSA) is 71.1 Å². The van der Waals surface area contributed by atoms with Crippen LogP contribution in [0.25, 0.3) is 11.8 Å². The van der Waals surface area contributed by atoms with Crippen LogP contribution >= 0.6 is 11.8 Å². The highest BCUT2D eigenvalue weighted by molar-refractivity contribution is 8.19. The van der Waals surface area contributed by atoms with Crippen molar-refractivity contribution in [3.63, 3.8) is 0 Å². The van der Waals surface area contributed by atoms with Gasteiger partial charge in [0.2, 0.25) is 0 Å². The molecule has 1 aromatic heterocycles. The molecule has 0 radical (unpaired) electrons. The number of para-hydroxylation sites is 1. The van der Waals surface area contributed by atoms with Gasteiger partial charge in [0.05, 0.1) is 16.3 Å². The predicted octanol–water partition coefficient (Wildman–Crippen LogP) is 4.10. The number of amides is 1. The van der Waals surface area contributed by atoms with E-state index in [2.05, 4.69) is 0 Å². The lowest BCUT2D eigenvalue weighted by atomic mass is 10.2. The van der Waals surface area contributed by atoms with Crippen molar-refractivity contribution >= 4 is 34.6 Å². The summed E-state index contributed by atoms with van der Waals surface area (Å²) in [5.41, 5.74) is 2.21. The van der Waals surface area contributed by atoms with Crippen LogP contribution < -0.4 is 10.5 Å². The molecule has 1 aliphatic heterocycles. The van der Waals surface area contributed by atoms with Crippen LogP contribution in [-0.2, 0) is 11.8 Å². The zero-order valence-corrected chi connectivity index (χ0v) is 17.4. The maximum atomic E-state index is 13.2. The molecule has 1 amide bonds. The molecule has 6 nitrogen and oxygen atoms in total. The summed E-state index contributed by atoms with van der Waals surface area (Å²) < 4.78 is 3.21. The number of nitrogens with zero attached hydrogens (tertiary/aromatic N) is 3. The minimum absolute atomic E-state index is 0.0189. The molecule has 0 bridgehead atoms. The predicted molar refractivity (Wildman–Crippen MR) is 122 cm³/mol. The van der Waals surface area contributed by atoms with E-state index in [1.54, 1.807) is 30.8 Å². The van der Waals surface area contributed by atoms with Gasteiger partial charge in [-0.25, -0.2) is 9.58 Å². The summed E-state index contributed by atoms with van der Waals surface area (Å²) in [5.74, 6) is -0.367. The first-order chi connectivity index (χ1) is 14.5. The maximum Gasteiger partial charge on any atom is 0.296 e. The number of aromatic nitrogens is 2. The van der Waals surface area contributed by atoms with Gasteiger partial charge in [-0.1, -0.05) is 60.7 Å². The van der Waals surface area contributed by atoms with Gasteiger partial charge in [-0.2, -0.15) is 0 Å². The van der Waals surface area contributed by atoms with Crippen LogP contribution in [0.15, 0.2) is 82.5 Å². The number of hydrogen-bond acceptors (Lipinski definition) is 4. The van der Waals surface area contributed by atoms with Crippen LogP contribution in [0.1, 0.15) is 11.3 Å². The summed E-state index contributed by atoms with van der Waals surface area (Å²) >= 11 is 1.05. The second kappa shape index (κ2) is 8.04. The average Bonchev–Trinajstić information content (AvgIpc) is 3.15. The second-order valence-electron chi connectivity index (χ2n) is 6.76. The van der Waals surface area contributed by atoms with Crippen molar-refractivity contribution in [3.8, 4) is 5.69 Å². The molecule has 1 fully saturated rings. The van der Waals surface area contributed by atoms with E-state index in [0.717, 1.165) is 17.3 Å². The van der Waals surface area contributed by atoms with Crippen LogP contribution in [0, 0.1) is 12.3 Å². The molecule has 0 atom stereocenters. The molecule has 150 valence electrons. The van der Waals surface area contributed by atoms with Crippen LogP contribution in [0.2, 0.25) is 0 Å². The molecular weight excluding hydrogens is 396 g/mol. The molecule has 30 heavy (non-hydrogen) atoms. The smallest absolute Gasteiger partial charge is 0.283 e. The van der Waals surface area contributed by atoms with E-state index in [0.29, 0.717) is 16.3 Å². The molecule has 2 heterocycles. The first-order valence-electron chi connectivity index (χ1n) is 9.37. The summed E-state index contributed by atoms with van der Waals surface area (Å²) in [4.78, 5) is 27.8. The summed E-state index contributed by atoms with van der Waals surface area (Å²) in [5, 5.41) is 8.35. The summed E-state index contributed by atoms with van der Waals surface area (Å²) in [6.07, 6.45) is 5.36. The second-order valence-corrected chi connectivity index (χ2v) is 7.79. The molecule has 2 aromatic carbocycles. The largest absolute Gasteiger partial charge is 0.296 e. The van der Waals surface area contributed by atoms with Gasteiger partial charge in [0.15, 0.2) is 5.17 Å². The Balaban J connectivity index is 1.69. The Bertz CT molecular complexity index is 1240. The van der Waals surface area contributed by atoms with E-state index in [1.165, 1.54) is 9.58 Å². The number of rotatable bonds is 4. The minimum atomic E-state index is -0.367. The molecule has 1 aliphatic rings. The maximum absolute atomic E-state index is 13.2. The van der Waals surface area contributed by atoms with Crippen molar-refractivity contribution in [1.29, 1.82) is 5.41 Å². The van der Waals surface area contributed by atoms with Crippen molar-refractivity contribution in [2.45, 2.75) is 6.92 Å². The fourth-order valence-corrected chi connectivity index (χ4v) is 4.13. The van der Waals surface area contributed by atoms with Gasteiger partial charge in [0, 0.05) is 7.05 Å². The third-order valence-corrected chi connectivity index (χ3v) is 5.81. The van der Waals surface area contributed by atoms with E-state index in [1.807, 2.05) is 66.7 Å². The van der Waals surface area contributed by atoms with Gasteiger partial charge in [-0.15, -0.1) is 0 Å². The third kappa shape index (κ3) is 3.44. The van der Waals surface area contributed by atoms with Crippen LogP contribution in [-0.4, -0.2) is 20.4 Å². The highest BCUT2D eigenvalue weighted by Crippen LogP contribution is 2.34. The van der Waals surface area contributed by atoms with Gasteiger partial charge in [-0.3, -0.25) is 19.7 Å². The van der Waals surface area contributed by atoms with Crippen molar-refractivity contribution in [2.24, 2.45) is 7.05 Å². The Labute approximate surface area is 178 Å². The normalized spacial score (nSPS) is 15.7. The minimum Gasteiger partial charge on any atom is -0.283 e. The molecule has 0 aliphatic carbocycles. The summed E-state index contributed by atoms with van der Waals surface area (Å²) in [6, 6.07) is 19.0. The van der Waals surface area contributed by atoms with Crippen molar-refractivity contribution in [3.05, 3.63) is 99.3 Å². The van der Waals surface area contributed by atoms with E-state index in [4.69, 9.17) is 5.41 Å². The lowest BCUT2D eigenvalue weighted by molar-refractivity contribution is -0.113. The zero-order valence-electron chi connectivity index (χ0n) is 16.6. The molecule has 7 heteroatoms. The van der Waals surface area contributed by atoms with Crippen molar-refractivity contribution in [1.82, 2.24) is 9.36 Å². The molecule has 1 saturated heterocycles. The number of carbonyl (C=O) groups is 1. The monoisotopic (exact) mass is 416 g/mol. The summed E-state index contributed by atoms with van der Waals surface area (Å²) in [6.45, 7) is 1.78. The lowest BCUT2D eigenvalue weighted by Crippen LogP contribution is -2.33. The Morgan fingerprint density at radius 2 is 1.60 bits per heavy atom. The van der Waals surface area contributed by atoms with E-state index in [-0.39, 0.29) is 22.3 Å². The van der Waals surface area contributed by atoms with Gasteiger partial charge in [-0.05, 0) is 42.5 Å². The Hall–Kier alpha value is -3.58. The molecule has 1 N–H and O–H groups in total. The highest BCUT2D eigenvalue weighted by Gasteiger charge is 2.37. The fourth-order valence-electron chi connectivity index (χ4n) is 3.33. The van der Waals surface area contributed by atoms with Gasteiger partial charge < -0.3 is 0 Å². The van der Waals surface area contributed by atoms with E-state index >= 15 is 0 Å². The van der Waals surface area contributed by atoms with Gasteiger partial charge >= 0.3 is 0 Å². The fraction of sp³-hybridized carbons (Fsp3) is 0.0870. The quantitative estimate of drug-likeness (QED) is 0.651. The number of benzene rings is 2. The first kappa shape index (κ1) is 19.7. The summed E-state index contributed by atoms with van der Waals surface area (Å²) in [7, 11) is 1.77. The zero-order chi connectivity index (χ0) is 21.3. The lowest BCUT2D eigenvalue weighted by Gasteiger charge is -2.12. The van der Waals surface area contributed by atoms with E-state index in [9.17, 15) is 9.59 Å². The van der Waals surface area contributed by atoms with E-state index < -0.39 is 0 Å². The number of hydrogen-bond donors (Lipinski definition) is 1. The van der Waals surface area contributed by atoms with Crippen LogP contribution in [0.3, 0.4) is 0 Å². The molecule has 0 saturated carbocycles. The van der Waals surface area contributed by atoms with Gasteiger partial charge in [0.25, 0.3) is 11.5 Å². The van der Waals surface area contributed by atoms with Crippen LogP contribution in [0.5, 0.6) is 0 Å². The number of amidine groups is 1. The highest BCUT2D eigenvalue weighted by atomic mass is 32.2. The SMILES string of the molecule is Cc1c(N2C(=N)S/C(=C\C=C\c3ccccc3)C2=O)c(=O)n(-c2ccccc2)n1C. The average molecular weight is 417 g/mol. The van der Waals surface area contributed by atoms with Crippen LogP contribution in [0.4, 0.5) is 5.69 Å². The molecule has 0 unspecified atom stereocenters. The van der Waals surface area contributed by atoms with Crippen molar-refractivity contribution in [2.75, 3.05) is 4.90 Å². The Kier molecular flexibility index (Phi) is 5.29. The number of nitrogens with one attached hydrogen (secondary N) is 1. The first-order valence-corrected chi connectivity index (χ1v) is 10.2.